The number of esters is 1. The lowest BCUT2D eigenvalue weighted by Gasteiger charge is -2.24. The van der Waals surface area contributed by atoms with Crippen molar-refractivity contribution in [2.45, 2.75) is 31.7 Å². The van der Waals surface area contributed by atoms with E-state index < -0.39 is 5.54 Å². The molecular formula is C15H22N2O2. The standard InChI is InChI=1S/C15H22N2O2/c1-15(16,14(18)19-2)9-5-10-17-11-8-12-6-3-4-7-13(12)17/h3-4,6-7H,5,8-11,16H2,1-2H3. The van der Waals surface area contributed by atoms with Crippen LogP contribution in [-0.2, 0) is 16.0 Å². The molecule has 1 aliphatic rings. The Bertz CT molecular complexity index is 457. The molecule has 2 N–H and O–H groups in total. The third-order valence-corrected chi connectivity index (χ3v) is 3.76. The van der Waals surface area contributed by atoms with Gasteiger partial charge in [0.25, 0.3) is 0 Å². The molecule has 0 bridgehead atoms. The van der Waals surface area contributed by atoms with Gasteiger partial charge in [-0.2, -0.15) is 0 Å². The van der Waals surface area contributed by atoms with Gasteiger partial charge in [0.15, 0.2) is 0 Å². The van der Waals surface area contributed by atoms with Crippen molar-refractivity contribution in [3.8, 4) is 0 Å². The molecule has 1 heterocycles. The maximum Gasteiger partial charge on any atom is 0.325 e. The molecule has 0 fully saturated rings. The normalized spacial score (nSPS) is 16.9. The van der Waals surface area contributed by atoms with E-state index in [0.29, 0.717) is 6.42 Å². The van der Waals surface area contributed by atoms with Gasteiger partial charge in [0, 0.05) is 18.8 Å². The lowest BCUT2D eigenvalue weighted by molar-refractivity contribution is -0.146. The molecule has 104 valence electrons. The molecule has 1 aromatic rings. The van der Waals surface area contributed by atoms with E-state index in [0.717, 1.165) is 25.9 Å². The van der Waals surface area contributed by atoms with Crippen molar-refractivity contribution < 1.29 is 9.53 Å². The molecule has 19 heavy (non-hydrogen) atoms. The quantitative estimate of drug-likeness (QED) is 0.821. The minimum atomic E-state index is -0.881. The Labute approximate surface area is 114 Å². The average Bonchev–Trinajstić information content (AvgIpc) is 2.81. The van der Waals surface area contributed by atoms with Crippen LogP contribution >= 0.6 is 0 Å². The van der Waals surface area contributed by atoms with Gasteiger partial charge in [-0.1, -0.05) is 18.2 Å². The first-order chi connectivity index (χ1) is 9.04. The van der Waals surface area contributed by atoms with Crippen LogP contribution in [0.5, 0.6) is 0 Å². The smallest absolute Gasteiger partial charge is 0.325 e. The largest absolute Gasteiger partial charge is 0.468 e. The zero-order valence-electron chi connectivity index (χ0n) is 11.7. The van der Waals surface area contributed by atoms with E-state index in [1.807, 2.05) is 0 Å². The number of methoxy groups -OCH3 is 1. The molecule has 0 saturated carbocycles. The monoisotopic (exact) mass is 262 g/mol. The van der Waals surface area contributed by atoms with Crippen molar-refractivity contribution in [1.29, 1.82) is 0 Å². The Morgan fingerprint density at radius 3 is 2.95 bits per heavy atom. The Kier molecular flexibility index (Phi) is 4.10. The van der Waals surface area contributed by atoms with Crippen LogP contribution < -0.4 is 10.6 Å². The summed E-state index contributed by atoms with van der Waals surface area (Å²) in [5.74, 6) is -0.339. The number of rotatable bonds is 5. The Morgan fingerprint density at radius 2 is 2.21 bits per heavy atom. The molecule has 1 unspecified atom stereocenters. The fourth-order valence-corrected chi connectivity index (χ4v) is 2.61. The lowest BCUT2D eigenvalue weighted by atomic mass is 9.97. The summed E-state index contributed by atoms with van der Waals surface area (Å²) in [5, 5.41) is 0. The van der Waals surface area contributed by atoms with Gasteiger partial charge in [-0.3, -0.25) is 4.79 Å². The predicted molar refractivity (Wildman–Crippen MR) is 76.2 cm³/mol. The number of ether oxygens (including phenoxy) is 1. The maximum absolute atomic E-state index is 11.5. The molecule has 1 aromatic carbocycles. The highest BCUT2D eigenvalue weighted by molar-refractivity contribution is 5.79. The van der Waals surface area contributed by atoms with Gasteiger partial charge in [0.2, 0.25) is 0 Å². The summed E-state index contributed by atoms with van der Waals surface area (Å²) in [6.07, 6.45) is 2.63. The first-order valence-corrected chi connectivity index (χ1v) is 6.75. The van der Waals surface area contributed by atoms with Crippen molar-refractivity contribution in [1.82, 2.24) is 0 Å². The third kappa shape index (κ3) is 3.07. The molecule has 0 aliphatic carbocycles. The molecule has 4 nitrogen and oxygen atoms in total. The summed E-state index contributed by atoms with van der Waals surface area (Å²) in [5.41, 5.74) is 7.80. The van der Waals surface area contributed by atoms with Gasteiger partial charge in [-0.05, 0) is 37.8 Å². The molecule has 1 aliphatic heterocycles. The van der Waals surface area contributed by atoms with Crippen LogP contribution in [-0.4, -0.2) is 31.7 Å². The molecule has 0 amide bonds. The van der Waals surface area contributed by atoms with Crippen LogP contribution in [0, 0.1) is 0 Å². The van der Waals surface area contributed by atoms with Crippen LogP contribution in [0.1, 0.15) is 25.3 Å². The van der Waals surface area contributed by atoms with Crippen LogP contribution in [0.4, 0.5) is 5.69 Å². The van der Waals surface area contributed by atoms with Gasteiger partial charge in [0.05, 0.1) is 7.11 Å². The molecule has 2 rings (SSSR count). The molecule has 4 heteroatoms. The van der Waals surface area contributed by atoms with E-state index in [1.54, 1.807) is 6.92 Å². The van der Waals surface area contributed by atoms with E-state index >= 15 is 0 Å². The summed E-state index contributed by atoms with van der Waals surface area (Å²) in [4.78, 5) is 13.9. The summed E-state index contributed by atoms with van der Waals surface area (Å²) in [7, 11) is 1.38. The van der Waals surface area contributed by atoms with Crippen LogP contribution in [0.2, 0.25) is 0 Å². The molecule has 1 atom stereocenters. The first kappa shape index (κ1) is 13.9. The van der Waals surface area contributed by atoms with Crippen LogP contribution in [0.15, 0.2) is 24.3 Å². The van der Waals surface area contributed by atoms with E-state index in [1.165, 1.54) is 18.4 Å². The zero-order chi connectivity index (χ0) is 13.9. The van der Waals surface area contributed by atoms with Gasteiger partial charge >= 0.3 is 5.97 Å². The maximum atomic E-state index is 11.5. The number of anilines is 1. The average molecular weight is 262 g/mol. The van der Waals surface area contributed by atoms with Gasteiger partial charge in [-0.25, -0.2) is 0 Å². The highest BCUT2D eigenvalue weighted by Crippen LogP contribution is 2.27. The highest BCUT2D eigenvalue weighted by atomic mass is 16.5. The number of hydrogen-bond acceptors (Lipinski definition) is 4. The summed E-state index contributed by atoms with van der Waals surface area (Å²) in [6.45, 7) is 3.72. The Morgan fingerprint density at radius 1 is 1.47 bits per heavy atom. The number of benzene rings is 1. The fraction of sp³-hybridized carbons (Fsp3) is 0.533. The second kappa shape index (κ2) is 5.61. The number of nitrogens with zero attached hydrogens (tertiary/aromatic N) is 1. The SMILES string of the molecule is COC(=O)C(C)(N)CCCN1CCc2ccccc21. The Balaban J connectivity index is 1.86. The second-order valence-electron chi connectivity index (χ2n) is 5.38. The third-order valence-electron chi connectivity index (χ3n) is 3.76. The molecule has 0 saturated heterocycles. The van der Waals surface area contributed by atoms with Crippen molar-refractivity contribution in [2.24, 2.45) is 5.73 Å². The number of hydrogen-bond donors (Lipinski definition) is 1. The minimum Gasteiger partial charge on any atom is -0.468 e. The summed E-state index contributed by atoms with van der Waals surface area (Å²) in [6, 6.07) is 8.48. The van der Waals surface area contributed by atoms with Crippen molar-refractivity contribution in [3.05, 3.63) is 29.8 Å². The predicted octanol–water partition coefficient (Wildman–Crippen LogP) is 1.72. The van der Waals surface area contributed by atoms with Gasteiger partial charge in [0.1, 0.15) is 5.54 Å². The van der Waals surface area contributed by atoms with E-state index in [9.17, 15) is 4.79 Å². The van der Waals surface area contributed by atoms with Crippen molar-refractivity contribution in [2.75, 3.05) is 25.1 Å². The van der Waals surface area contributed by atoms with Gasteiger partial charge in [-0.15, -0.1) is 0 Å². The van der Waals surface area contributed by atoms with Crippen molar-refractivity contribution in [3.63, 3.8) is 0 Å². The van der Waals surface area contributed by atoms with Crippen LogP contribution in [0.3, 0.4) is 0 Å². The topological polar surface area (TPSA) is 55.6 Å². The van der Waals surface area contributed by atoms with E-state index in [2.05, 4.69) is 29.2 Å². The minimum absolute atomic E-state index is 0.339. The second-order valence-corrected chi connectivity index (χ2v) is 5.38. The van der Waals surface area contributed by atoms with Gasteiger partial charge < -0.3 is 15.4 Å². The number of carbonyl (C=O) groups excluding carboxylic acids is 1. The number of para-hydroxylation sites is 1. The summed E-state index contributed by atoms with van der Waals surface area (Å²) >= 11 is 0. The fourth-order valence-electron chi connectivity index (χ4n) is 2.61. The molecule has 0 radical (unpaired) electrons. The first-order valence-electron chi connectivity index (χ1n) is 6.75. The van der Waals surface area contributed by atoms with Crippen molar-refractivity contribution >= 4 is 11.7 Å². The number of fused-ring (bicyclic) bond motifs is 1. The Hall–Kier alpha value is -1.55. The van der Waals surface area contributed by atoms with E-state index in [-0.39, 0.29) is 5.97 Å². The zero-order valence-corrected chi connectivity index (χ0v) is 11.7. The number of carbonyl (C=O) groups is 1. The summed E-state index contributed by atoms with van der Waals surface area (Å²) < 4.78 is 4.72. The molecule has 0 aromatic heterocycles. The highest BCUT2D eigenvalue weighted by Gasteiger charge is 2.29. The van der Waals surface area contributed by atoms with Crippen LogP contribution in [0.25, 0.3) is 0 Å². The molecular weight excluding hydrogens is 240 g/mol. The lowest BCUT2D eigenvalue weighted by Crippen LogP contribution is -2.46. The molecule has 0 spiro atoms. The number of nitrogens with two attached hydrogens (primary N) is 1. The van der Waals surface area contributed by atoms with E-state index in [4.69, 9.17) is 10.5 Å².